The van der Waals surface area contributed by atoms with Gasteiger partial charge in [-0.15, -0.1) is 5.10 Å². The predicted molar refractivity (Wildman–Crippen MR) is 73.6 cm³/mol. The minimum Gasteiger partial charge on any atom is -0.239 e. The van der Waals surface area contributed by atoms with Crippen LogP contribution in [0.2, 0.25) is 0 Å². The third-order valence-electron chi connectivity index (χ3n) is 4.23. The highest BCUT2D eigenvalue weighted by atomic mass is 32.2. The van der Waals surface area contributed by atoms with Crippen molar-refractivity contribution >= 4 is 9.84 Å². The number of fused-ring (bicyclic) bond motifs is 1. The molecule has 122 valence electrons. The largest absolute Gasteiger partial charge is 0.267 e. The molecule has 0 amide bonds. The van der Waals surface area contributed by atoms with E-state index >= 15 is 0 Å². The topological polar surface area (TPSA) is 64.8 Å². The first-order valence-corrected chi connectivity index (χ1v) is 8.62. The lowest BCUT2D eigenvalue weighted by Gasteiger charge is -2.11. The maximum Gasteiger partial charge on any atom is 0.267 e. The van der Waals surface area contributed by atoms with Crippen LogP contribution >= 0.6 is 0 Å². The molecule has 0 saturated heterocycles. The fourth-order valence-electron chi connectivity index (χ4n) is 2.88. The van der Waals surface area contributed by atoms with Crippen LogP contribution in [0.4, 0.5) is 13.2 Å². The Morgan fingerprint density at radius 2 is 1.87 bits per heavy atom. The number of benzene rings is 1. The van der Waals surface area contributed by atoms with Crippen molar-refractivity contribution in [2.24, 2.45) is 0 Å². The van der Waals surface area contributed by atoms with Gasteiger partial charge in [0.05, 0.1) is 6.04 Å². The quantitative estimate of drug-likeness (QED) is 0.859. The van der Waals surface area contributed by atoms with Crippen LogP contribution in [0.15, 0.2) is 35.5 Å². The van der Waals surface area contributed by atoms with E-state index in [4.69, 9.17) is 0 Å². The summed E-state index contributed by atoms with van der Waals surface area (Å²) < 4.78 is 65.8. The molecule has 0 radical (unpaired) electrons. The van der Waals surface area contributed by atoms with Gasteiger partial charge in [0.25, 0.3) is 11.1 Å². The Bertz CT molecular complexity index is 867. The average Bonchev–Trinajstić information content (AvgIpc) is 2.87. The van der Waals surface area contributed by atoms with Crippen molar-refractivity contribution in [1.29, 1.82) is 0 Å². The number of hydrogen-bond acceptors (Lipinski definition) is 4. The number of halogens is 3. The first-order chi connectivity index (χ1) is 10.8. The first kappa shape index (κ1) is 14.7. The summed E-state index contributed by atoms with van der Waals surface area (Å²) in [7, 11) is -4.34. The average molecular weight is 343 g/mol. The van der Waals surface area contributed by atoms with Crippen molar-refractivity contribution in [3.8, 4) is 0 Å². The van der Waals surface area contributed by atoms with Crippen LogP contribution in [0.25, 0.3) is 0 Å². The van der Waals surface area contributed by atoms with Gasteiger partial charge in [0, 0.05) is 12.8 Å². The second-order valence-electron chi connectivity index (χ2n) is 5.83. The molecule has 0 bridgehead atoms. The van der Waals surface area contributed by atoms with E-state index in [0.29, 0.717) is 0 Å². The summed E-state index contributed by atoms with van der Waals surface area (Å²) in [4.78, 5) is 3.70. The summed E-state index contributed by atoms with van der Waals surface area (Å²) in [6, 6.07) is 8.42. The van der Waals surface area contributed by atoms with E-state index in [1.165, 1.54) is 4.68 Å². The molecule has 1 fully saturated rings. The fraction of sp³-hybridized carbons (Fsp3) is 0.429. The third kappa shape index (κ3) is 2.17. The third-order valence-corrected chi connectivity index (χ3v) is 6.17. The van der Waals surface area contributed by atoms with Crippen molar-refractivity contribution in [2.45, 2.75) is 41.4 Å². The van der Waals surface area contributed by atoms with Crippen molar-refractivity contribution in [3.05, 3.63) is 41.7 Å². The molecule has 0 unspecified atom stereocenters. The molecule has 1 aromatic heterocycles. The smallest absolute Gasteiger partial charge is 0.239 e. The van der Waals surface area contributed by atoms with Crippen molar-refractivity contribution in [1.82, 2.24) is 14.8 Å². The molecule has 2 aliphatic rings. The highest BCUT2D eigenvalue weighted by molar-refractivity contribution is 7.92. The Morgan fingerprint density at radius 1 is 1.22 bits per heavy atom. The van der Waals surface area contributed by atoms with Gasteiger partial charge in [0.15, 0.2) is 12.0 Å². The molecule has 9 heteroatoms. The molecule has 4 rings (SSSR count). The summed E-state index contributed by atoms with van der Waals surface area (Å²) in [5, 5.41) is 1.33. The lowest BCUT2D eigenvalue weighted by atomic mass is 10.0. The monoisotopic (exact) mass is 343 g/mol. The van der Waals surface area contributed by atoms with Gasteiger partial charge in [-0.2, -0.15) is 4.98 Å². The Balaban J connectivity index is 1.74. The van der Waals surface area contributed by atoms with Crippen LogP contribution in [0, 0.1) is 0 Å². The molecular formula is C14H12F3N3O2S. The van der Waals surface area contributed by atoms with Gasteiger partial charge in [0.1, 0.15) is 5.25 Å². The maximum atomic E-state index is 14.2. The number of rotatable bonds is 3. The number of aromatic nitrogens is 3. The van der Waals surface area contributed by atoms with Crippen LogP contribution in [0.1, 0.15) is 36.4 Å². The van der Waals surface area contributed by atoms with Crippen LogP contribution < -0.4 is 0 Å². The standard InChI is InChI=1S/C14H12F3N3O2S/c15-9-6-10(8-4-2-1-3-5-8)20-12(9)18-13(19-20)23(21,22)11-7-14(11,16)17/h1-5,9-11H,6-7H2/t9-,10-,11+/m0/s1. The second kappa shape index (κ2) is 4.56. The van der Waals surface area contributed by atoms with E-state index in [0.717, 1.165) is 5.56 Å². The summed E-state index contributed by atoms with van der Waals surface area (Å²) in [5.41, 5.74) is 0.763. The minimum atomic E-state index is -4.34. The van der Waals surface area contributed by atoms with E-state index in [-0.39, 0.29) is 12.2 Å². The second-order valence-corrected chi connectivity index (χ2v) is 7.85. The fourth-order valence-corrected chi connectivity index (χ4v) is 4.46. The summed E-state index contributed by atoms with van der Waals surface area (Å²) in [6.07, 6.45) is -2.11. The minimum absolute atomic E-state index is 0.0965. The number of hydrogen-bond donors (Lipinski definition) is 0. The zero-order valence-corrected chi connectivity index (χ0v) is 12.5. The summed E-state index contributed by atoms with van der Waals surface area (Å²) in [6.45, 7) is 0. The molecule has 3 atom stereocenters. The molecule has 5 nitrogen and oxygen atoms in total. The number of sulfone groups is 1. The van der Waals surface area contributed by atoms with Crippen LogP contribution in [0.5, 0.6) is 0 Å². The normalized spacial score (nSPS) is 28.6. The van der Waals surface area contributed by atoms with E-state index in [2.05, 4.69) is 10.1 Å². The van der Waals surface area contributed by atoms with Gasteiger partial charge in [-0.3, -0.25) is 0 Å². The highest BCUT2D eigenvalue weighted by Gasteiger charge is 2.66. The van der Waals surface area contributed by atoms with Gasteiger partial charge in [-0.25, -0.2) is 26.3 Å². The molecule has 1 saturated carbocycles. The Morgan fingerprint density at radius 3 is 2.48 bits per heavy atom. The van der Waals surface area contributed by atoms with Gasteiger partial charge in [-0.1, -0.05) is 30.3 Å². The molecule has 2 aromatic rings. The molecule has 23 heavy (non-hydrogen) atoms. The Labute approximate surface area is 130 Å². The lowest BCUT2D eigenvalue weighted by Crippen LogP contribution is -2.17. The molecule has 0 spiro atoms. The molecular weight excluding hydrogens is 331 g/mol. The zero-order chi connectivity index (χ0) is 16.4. The van der Waals surface area contributed by atoms with Crippen LogP contribution in [-0.2, 0) is 9.84 Å². The Hall–Kier alpha value is -1.90. The highest BCUT2D eigenvalue weighted by Crippen LogP contribution is 2.49. The maximum absolute atomic E-state index is 14.2. The van der Waals surface area contributed by atoms with Crippen molar-refractivity contribution in [3.63, 3.8) is 0 Å². The van der Waals surface area contributed by atoms with Crippen molar-refractivity contribution < 1.29 is 21.6 Å². The van der Waals surface area contributed by atoms with Gasteiger partial charge >= 0.3 is 0 Å². The zero-order valence-electron chi connectivity index (χ0n) is 11.7. The van der Waals surface area contributed by atoms with E-state index < -0.39 is 44.8 Å². The van der Waals surface area contributed by atoms with E-state index in [1.807, 2.05) is 0 Å². The first-order valence-electron chi connectivity index (χ1n) is 7.08. The molecule has 2 heterocycles. The predicted octanol–water partition coefficient (Wildman–Crippen LogP) is 2.46. The summed E-state index contributed by atoms with van der Waals surface area (Å²) in [5.74, 6) is -3.37. The van der Waals surface area contributed by atoms with Gasteiger partial charge in [-0.05, 0) is 5.56 Å². The van der Waals surface area contributed by atoms with Crippen molar-refractivity contribution in [2.75, 3.05) is 0 Å². The lowest BCUT2D eigenvalue weighted by molar-refractivity contribution is 0.121. The molecule has 1 aliphatic carbocycles. The van der Waals surface area contributed by atoms with E-state index in [9.17, 15) is 21.6 Å². The molecule has 0 N–H and O–H groups in total. The van der Waals surface area contributed by atoms with E-state index in [1.54, 1.807) is 30.3 Å². The van der Waals surface area contributed by atoms with Gasteiger partial charge in [0.2, 0.25) is 9.84 Å². The number of alkyl halides is 3. The number of nitrogens with zero attached hydrogens (tertiary/aromatic N) is 3. The van der Waals surface area contributed by atoms with Gasteiger partial charge < -0.3 is 0 Å². The SMILES string of the molecule is O=S(=O)(c1nc2n(n1)[C@H](c1ccccc1)C[C@@H]2F)[C@@H]1CC1(F)F. The molecule has 1 aromatic carbocycles. The van der Waals surface area contributed by atoms with Crippen LogP contribution in [-0.4, -0.2) is 34.4 Å². The molecule has 1 aliphatic heterocycles. The van der Waals surface area contributed by atoms with Crippen LogP contribution in [0.3, 0.4) is 0 Å². The summed E-state index contributed by atoms with van der Waals surface area (Å²) >= 11 is 0. The Kier molecular flexibility index (Phi) is 2.91.